The quantitative estimate of drug-likeness (QED) is 0.598. The predicted octanol–water partition coefficient (Wildman–Crippen LogP) is 2.24. The summed E-state index contributed by atoms with van der Waals surface area (Å²) in [6.07, 6.45) is 3.84. The Morgan fingerprint density at radius 2 is 1.32 bits per heavy atom. The third-order valence-corrected chi connectivity index (χ3v) is 2.91. The summed E-state index contributed by atoms with van der Waals surface area (Å²) in [7, 11) is 0. The second kappa shape index (κ2) is 15.0. The van der Waals surface area contributed by atoms with E-state index in [1.54, 1.807) is 0 Å². The van der Waals surface area contributed by atoms with E-state index in [-0.39, 0.29) is 12.3 Å². The standard InChI is InChI=1S/C8H15NO3.C6H15N/c9-7(10)5-3-1-2-4-6-8(11)12;1-4-7(5-2)6-3/h1-6H2,(H2,9,10)(H,11,12);4-6H2,1-3H3. The molecule has 0 aliphatic heterocycles. The van der Waals surface area contributed by atoms with Crippen LogP contribution in [0.2, 0.25) is 0 Å². The van der Waals surface area contributed by atoms with Gasteiger partial charge >= 0.3 is 5.97 Å². The minimum absolute atomic E-state index is 0.219. The molecule has 0 radical (unpaired) electrons. The van der Waals surface area contributed by atoms with Gasteiger partial charge in [-0.1, -0.05) is 33.6 Å². The lowest BCUT2D eigenvalue weighted by Crippen LogP contribution is -2.21. The summed E-state index contributed by atoms with van der Waals surface area (Å²) in [4.78, 5) is 22.7. The predicted molar refractivity (Wildman–Crippen MR) is 78.0 cm³/mol. The van der Waals surface area contributed by atoms with Crippen LogP contribution >= 0.6 is 0 Å². The Morgan fingerprint density at radius 1 is 0.895 bits per heavy atom. The summed E-state index contributed by atoms with van der Waals surface area (Å²) >= 11 is 0. The van der Waals surface area contributed by atoms with E-state index in [2.05, 4.69) is 25.7 Å². The molecular weight excluding hydrogens is 244 g/mol. The first-order valence-electron chi connectivity index (χ1n) is 7.20. The van der Waals surface area contributed by atoms with Gasteiger partial charge in [0, 0.05) is 12.8 Å². The van der Waals surface area contributed by atoms with Gasteiger partial charge in [0.15, 0.2) is 0 Å². The van der Waals surface area contributed by atoms with Crippen LogP contribution in [0.1, 0.15) is 59.3 Å². The highest BCUT2D eigenvalue weighted by atomic mass is 16.4. The van der Waals surface area contributed by atoms with E-state index in [1.165, 1.54) is 19.6 Å². The third kappa shape index (κ3) is 19.4. The smallest absolute Gasteiger partial charge is 0.303 e. The Morgan fingerprint density at radius 3 is 1.58 bits per heavy atom. The lowest BCUT2D eigenvalue weighted by atomic mass is 10.1. The van der Waals surface area contributed by atoms with Gasteiger partial charge in [0.2, 0.25) is 5.91 Å². The summed E-state index contributed by atoms with van der Waals surface area (Å²) < 4.78 is 0. The molecule has 5 heteroatoms. The lowest BCUT2D eigenvalue weighted by Gasteiger charge is -2.13. The zero-order chi connectivity index (χ0) is 15.1. The first-order chi connectivity index (χ1) is 8.97. The normalized spacial score (nSPS) is 9.89. The van der Waals surface area contributed by atoms with Crippen LogP contribution in [-0.4, -0.2) is 41.5 Å². The van der Waals surface area contributed by atoms with E-state index >= 15 is 0 Å². The van der Waals surface area contributed by atoms with Crippen molar-refractivity contribution in [2.45, 2.75) is 59.3 Å². The number of hydrogen-bond acceptors (Lipinski definition) is 3. The number of hydrogen-bond donors (Lipinski definition) is 2. The van der Waals surface area contributed by atoms with E-state index in [0.29, 0.717) is 12.8 Å². The SMILES string of the molecule is CCN(CC)CC.NC(=O)CCCCCCC(=O)O. The molecule has 0 bridgehead atoms. The minimum Gasteiger partial charge on any atom is -0.481 e. The number of unbranched alkanes of at least 4 members (excludes halogenated alkanes) is 3. The van der Waals surface area contributed by atoms with Crippen LogP contribution < -0.4 is 5.73 Å². The highest BCUT2D eigenvalue weighted by Crippen LogP contribution is 2.04. The molecule has 19 heavy (non-hydrogen) atoms. The number of nitrogens with two attached hydrogens (primary N) is 1. The second-order valence-electron chi connectivity index (χ2n) is 4.39. The minimum atomic E-state index is -0.759. The van der Waals surface area contributed by atoms with Crippen LogP contribution in [0.15, 0.2) is 0 Å². The molecule has 1 amide bonds. The van der Waals surface area contributed by atoms with Gasteiger partial charge in [0.1, 0.15) is 0 Å². The number of amides is 1. The number of rotatable bonds is 10. The van der Waals surface area contributed by atoms with Crippen molar-refractivity contribution in [2.24, 2.45) is 5.73 Å². The van der Waals surface area contributed by atoms with Crippen molar-refractivity contribution >= 4 is 11.9 Å². The van der Waals surface area contributed by atoms with E-state index in [1.807, 2.05) is 0 Å². The summed E-state index contributed by atoms with van der Waals surface area (Å²) in [5.41, 5.74) is 4.92. The molecule has 0 heterocycles. The fraction of sp³-hybridized carbons (Fsp3) is 0.857. The Balaban J connectivity index is 0. The molecular formula is C14H30N2O3. The van der Waals surface area contributed by atoms with Gasteiger partial charge in [-0.2, -0.15) is 0 Å². The molecule has 0 aromatic heterocycles. The maximum Gasteiger partial charge on any atom is 0.303 e. The Hall–Kier alpha value is -1.10. The van der Waals surface area contributed by atoms with Gasteiger partial charge in [-0.05, 0) is 32.5 Å². The molecule has 0 saturated heterocycles. The Kier molecular flexibility index (Phi) is 15.9. The zero-order valence-electron chi connectivity index (χ0n) is 12.7. The highest BCUT2D eigenvalue weighted by molar-refractivity contribution is 5.73. The number of primary amides is 1. The number of carbonyl (C=O) groups is 2. The molecule has 0 spiro atoms. The summed E-state index contributed by atoms with van der Waals surface area (Å²) in [6.45, 7) is 10.1. The maximum absolute atomic E-state index is 10.3. The average Bonchev–Trinajstić information content (AvgIpc) is 2.36. The summed E-state index contributed by atoms with van der Waals surface area (Å²) in [6, 6.07) is 0. The van der Waals surface area contributed by atoms with Crippen LogP contribution in [-0.2, 0) is 9.59 Å². The van der Waals surface area contributed by atoms with Gasteiger partial charge in [-0.15, -0.1) is 0 Å². The monoisotopic (exact) mass is 274 g/mol. The first-order valence-corrected chi connectivity index (χ1v) is 7.20. The molecule has 0 atom stereocenters. The van der Waals surface area contributed by atoms with E-state index in [0.717, 1.165) is 19.3 Å². The third-order valence-electron chi connectivity index (χ3n) is 2.91. The van der Waals surface area contributed by atoms with Crippen molar-refractivity contribution in [1.29, 1.82) is 0 Å². The van der Waals surface area contributed by atoms with Gasteiger partial charge in [0.25, 0.3) is 0 Å². The average molecular weight is 274 g/mol. The topological polar surface area (TPSA) is 83.6 Å². The van der Waals surface area contributed by atoms with E-state index in [4.69, 9.17) is 10.8 Å². The molecule has 0 aliphatic carbocycles. The van der Waals surface area contributed by atoms with Crippen molar-refractivity contribution in [3.63, 3.8) is 0 Å². The van der Waals surface area contributed by atoms with Gasteiger partial charge in [0.05, 0.1) is 0 Å². The fourth-order valence-electron chi connectivity index (χ4n) is 1.60. The van der Waals surface area contributed by atoms with Crippen molar-refractivity contribution in [1.82, 2.24) is 4.90 Å². The summed E-state index contributed by atoms with van der Waals surface area (Å²) in [5, 5.41) is 8.28. The van der Waals surface area contributed by atoms with Crippen LogP contribution in [0.5, 0.6) is 0 Å². The number of carbonyl (C=O) groups excluding carboxylic acids is 1. The molecule has 0 fully saturated rings. The molecule has 0 unspecified atom stereocenters. The van der Waals surface area contributed by atoms with Gasteiger partial charge in [-0.3, -0.25) is 9.59 Å². The van der Waals surface area contributed by atoms with Gasteiger partial charge in [-0.25, -0.2) is 0 Å². The van der Waals surface area contributed by atoms with Crippen LogP contribution in [0.25, 0.3) is 0 Å². The van der Waals surface area contributed by atoms with Crippen LogP contribution in [0.4, 0.5) is 0 Å². The van der Waals surface area contributed by atoms with Crippen molar-refractivity contribution in [3.05, 3.63) is 0 Å². The molecule has 0 rings (SSSR count). The fourth-order valence-corrected chi connectivity index (χ4v) is 1.60. The molecule has 5 nitrogen and oxygen atoms in total. The number of nitrogens with zero attached hydrogens (tertiary/aromatic N) is 1. The number of carboxylic acids is 1. The van der Waals surface area contributed by atoms with Crippen LogP contribution in [0.3, 0.4) is 0 Å². The van der Waals surface area contributed by atoms with Crippen LogP contribution in [0, 0.1) is 0 Å². The van der Waals surface area contributed by atoms with Crippen molar-refractivity contribution in [3.8, 4) is 0 Å². The largest absolute Gasteiger partial charge is 0.481 e. The van der Waals surface area contributed by atoms with E-state index in [9.17, 15) is 9.59 Å². The van der Waals surface area contributed by atoms with E-state index < -0.39 is 5.97 Å². The molecule has 114 valence electrons. The molecule has 3 N–H and O–H groups in total. The second-order valence-corrected chi connectivity index (χ2v) is 4.39. The number of carboxylic acid groups (broad SMARTS) is 1. The zero-order valence-corrected chi connectivity index (χ0v) is 12.7. The maximum atomic E-state index is 10.3. The van der Waals surface area contributed by atoms with Crippen molar-refractivity contribution in [2.75, 3.05) is 19.6 Å². The Bertz CT molecular complexity index is 205. The molecule has 0 aliphatic rings. The Labute approximate surface area is 117 Å². The molecule has 0 aromatic carbocycles. The first kappa shape index (κ1) is 20.2. The van der Waals surface area contributed by atoms with Gasteiger partial charge < -0.3 is 15.7 Å². The molecule has 0 aromatic rings. The lowest BCUT2D eigenvalue weighted by molar-refractivity contribution is -0.137. The summed E-state index contributed by atoms with van der Waals surface area (Å²) in [5.74, 6) is -1.04. The van der Waals surface area contributed by atoms with Crippen molar-refractivity contribution < 1.29 is 14.7 Å². The number of aliphatic carboxylic acids is 1. The highest BCUT2D eigenvalue weighted by Gasteiger charge is 1.97. The molecule has 0 saturated carbocycles.